The number of benzene rings is 3. The van der Waals surface area contributed by atoms with E-state index in [9.17, 15) is 9.59 Å². The Hall–Kier alpha value is -3.80. The number of ether oxygens (including phenoxy) is 2. The van der Waals surface area contributed by atoms with Crippen LogP contribution in [0.15, 0.2) is 78.9 Å². The Morgan fingerprint density at radius 1 is 0.875 bits per heavy atom. The van der Waals surface area contributed by atoms with Crippen molar-refractivity contribution in [3.8, 4) is 11.5 Å². The number of fused-ring (bicyclic) bond motifs is 1. The number of amides is 2. The number of carbonyl (C=O) groups is 2. The first-order valence-corrected chi connectivity index (χ1v) is 10.5. The van der Waals surface area contributed by atoms with Crippen LogP contribution in [0, 0.1) is 0 Å². The van der Waals surface area contributed by atoms with Crippen molar-refractivity contribution < 1.29 is 19.1 Å². The van der Waals surface area contributed by atoms with Gasteiger partial charge in [-0.3, -0.25) is 9.59 Å². The summed E-state index contributed by atoms with van der Waals surface area (Å²) in [6.45, 7) is 4.02. The van der Waals surface area contributed by atoms with E-state index in [1.807, 2.05) is 60.7 Å². The molecule has 1 aliphatic rings. The van der Waals surface area contributed by atoms with Gasteiger partial charge in [0.25, 0.3) is 0 Å². The van der Waals surface area contributed by atoms with Gasteiger partial charge in [0.15, 0.2) is 11.5 Å². The molecule has 32 heavy (non-hydrogen) atoms. The second-order valence-corrected chi connectivity index (χ2v) is 8.21. The maximum Gasteiger partial charge on any atom is 0.249 e. The molecule has 0 radical (unpaired) electrons. The van der Waals surface area contributed by atoms with Crippen LogP contribution in [-0.4, -0.2) is 29.0 Å². The van der Waals surface area contributed by atoms with Crippen LogP contribution in [0.1, 0.15) is 25.0 Å². The summed E-state index contributed by atoms with van der Waals surface area (Å²) in [5.74, 6) is 0.826. The summed E-state index contributed by atoms with van der Waals surface area (Å²) in [7, 11) is 0. The highest BCUT2D eigenvalue weighted by atomic mass is 16.7. The summed E-state index contributed by atoms with van der Waals surface area (Å²) in [5, 5.41) is 2.93. The largest absolute Gasteiger partial charge is 0.454 e. The molecule has 0 atom stereocenters. The zero-order chi connectivity index (χ0) is 22.6. The standard InChI is InChI=1S/C26H26N2O4/c1-26(2,25(30)27-21-13-14-22-23(16-21)32-18-31-22)28(17-20-11-7-4-8-12-20)24(29)15-19-9-5-3-6-10-19/h3-14,16H,15,17-18H2,1-2H3,(H,27,30). The van der Waals surface area contributed by atoms with Crippen LogP contribution in [0.2, 0.25) is 0 Å². The van der Waals surface area contributed by atoms with Gasteiger partial charge in [-0.1, -0.05) is 60.7 Å². The molecular weight excluding hydrogens is 404 g/mol. The van der Waals surface area contributed by atoms with Crippen molar-refractivity contribution in [1.29, 1.82) is 0 Å². The van der Waals surface area contributed by atoms with Crippen molar-refractivity contribution in [3.05, 3.63) is 90.0 Å². The number of hydrogen-bond acceptors (Lipinski definition) is 4. The lowest BCUT2D eigenvalue weighted by molar-refractivity contribution is -0.144. The molecule has 3 aromatic rings. The zero-order valence-corrected chi connectivity index (χ0v) is 18.2. The van der Waals surface area contributed by atoms with E-state index < -0.39 is 5.54 Å². The van der Waals surface area contributed by atoms with Gasteiger partial charge in [0.1, 0.15) is 5.54 Å². The minimum Gasteiger partial charge on any atom is -0.454 e. The first-order chi connectivity index (χ1) is 15.4. The van der Waals surface area contributed by atoms with E-state index in [4.69, 9.17) is 9.47 Å². The normalized spacial score (nSPS) is 12.3. The molecule has 0 saturated heterocycles. The Morgan fingerprint density at radius 2 is 1.50 bits per heavy atom. The van der Waals surface area contributed by atoms with Crippen molar-refractivity contribution in [3.63, 3.8) is 0 Å². The Bertz CT molecular complexity index is 1100. The molecule has 0 bridgehead atoms. The molecule has 0 saturated carbocycles. The Morgan fingerprint density at radius 3 is 2.19 bits per heavy atom. The average Bonchev–Trinajstić information content (AvgIpc) is 3.26. The summed E-state index contributed by atoms with van der Waals surface area (Å²) in [5.41, 5.74) is 1.35. The molecule has 1 heterocycles. The van der Waals surface area contributed by atoms with Crippen LogP contribution in [0.5, 0.6) is 11.5 Å². The quantitative estimate of drug-likeness (QED) is 0.603. The monoisotopic (exact) mass is 430 g/mol. The molecule has 2 amide bonds. The molecular formula is C26H26N2O4. The molecule has 1 aliphatic heterocycles. The van der Waals surface area contributed by atoms with Gasteiger partial charge in [0, 0.05) is 18.3 Å². The number of rotatable bonds is 7. The summed E-state index contributed by atoms with van der Waals surface area (Å²) in [6, 6.07) is 24.5. The van der Waals surface area contributed by atoms with E-state index >= 15 is 0 Å². The molecule has 0 aliphatic carbocycles. The SMILES string of the molecule is CC(C)(C(=O)Nc1ccc2c(c1)OCO2)N(Cc1ccccc1)C(=O)Cc1ccccc1. The van der Waals surface area contributed by atoms with Gasteiger partial charge in [-0.2, -0.15) is 0 Å². The Kier molecular flexibility index (Phi) is 6.12. The van der Waals surface area contributed by atoms with E-state index in [-0.39, 0.29) is 25.0 Å². The maximum atomic E-state index is 13.4. The molecule has 0 fully saturated rings. The van der Waals surface area contributed by atoms with Crippen molar-refractivity contribution in [1.82, 2.24) is 4.90 Å². The molecule has 6 nitrogen and oxygen atoms in total. The third-order valence-electron chi connectivity index (χ3n) is 5.54. The van der Waals surface area contributed by atoms with Gasteiger partial charge < -0.3 is 19.7 Å². The van der Waals surface area contributed by atoms with Crippen LogP contribution < -0.4 is 14.8 Å². The zero-order valence-electron chi connectivity index (χ0n) is 18.2. The molecule has 6 heteroatoms. The van der Waals surface area contributed by atoms with Gasteiger partial charge in [0.05, 0.1) is 6.42 Å². The van der Waals surface area contributed by atoms with Crippen LogP contribution in [0.3, 0.4) is 0 Å². The van der Waals surface area contributed by atoms with Gasteiger partial charge >= 0.3 is 0 Å². The van der Waals surface area contributed by atoms with Crippen molar-refractivity contribution in [2.45, 2.75) is 32.4 Å². The highest BCUT2D eigenvalue weighted by Crippen LogP contribution is 2.34. The molecule has 0 unspecified atom stereocenters. The summed E-state index contributed by atoms with van der Waals surface area (Å²) >= 11 is 0. The van der Waals surface area contributed by atoms with Gasteiger partial charge in [-0.25, -0.2) is 0 Å². The molecule has 4 rings (SSSR count). The fourth-order valence-corrected chi connectivity index (χ4v) is 3.61. The second kappa shape index (κ2) is 9.14. The predicted molar refractivity (Wildman–Crippen MR) is 122 cm³/mol. The molecule has 0 aromatic heterocycles. The fraction of sp³-hybridized carbons (Fsp3) is 0.231. The van der Waals surface area contributed by atoms with Gasteiger partial charge in [-0.05, 0) is 37.1 Å². The summed E-state index contributed by atoms with van der Waals surface area (Å²) in [4.78, 5) is 28.4. The number of hydrogen-bond donors (Lipinski definition) is 1. The van der Waals surface area contributed by atoms with E-state index in [2.05, 4.69) is 5.32 Å². The van der Waals surface area contributed by atoms with Gasteiger partial charge in [0.2, 0.25) is 18.6 Å². The van der Waals surface area contributed by atoms with Crippen LogP contribution in [0.25, 0.3) is 0 Å². The second-order valence-electron chi connectivity index (χ2n) is 8.21. The third-order valence-corrected chi connectivity index (χ3v) is 5.54. The predicted octanol–water partition coefficient (Wildman–Crippen LogP) is 4.40. The smallest absolute Gasteiger partial charge is 0.249 e. The highest BCUT2D eigenvalue weighted by molar-refractivity contribution is 6.00. The minimum absolute atomic E-state index is 0.120. The lowest BCUT2D eigenvalue weighted by Gasteiger charge is -2.37. The minimum atomic E-state index is -1.10. The number of nitrogens with one attached hydrogen (secondary N) is 1. The number of anilines is 1. The topological polar surface area (TPSA) is 67.9 Å². The summed E-state index contributed by atoms with van der Waals surface area (Å²) in [6.07, 6.45) is 0.217. The van der Waals surface area contributed by atoms with Crippen LogP contribution >= 0.6 is 0 Å². The molecule has 164 valence electrons. The van der Waals surface area contributed by atoms with Crippen molar-refractivity contribution in [2.24, 2.45) is 0 Å². The van der Waals surface area contributed by atoms with E-state index in [0.29, 0.717) is 23.7 Å². The molecule has 1 N–H and O–H groups in total. The Labute approximate surface area is 187 Å². The van der Waals surface area contributed by atoms with E-state index in [1.54, 1.807) is 36.9 Å². The van der Waals surface area contributed by atoms with Crippen LogP contribution in [0.4, 0.5) is 5.69 Å². The summed E-state index contributed by atoms with van der Waals surface area (Å²) < 4.78 is 10.7. The lowest BCUT2D eigenvalue weighted by atomic mass is 9.98. The third kappa shape index (κ3) is 4.75. The van der Waals surface area contributed by atoms with Crippen molar-refractivity contribution >= 4 is 17.5 Å². The first-order valence-electron chi connectivity index (χ1n) is 10.5. The molecule has 3 aromatic carbocycles. The number of nitrogens with zero attached hydrogens (tertiary/aromatic N) is 1. The Balaban J connectivity index is 1.57. The fourth-order valence-electron chi connectivity index (χ4n) is 3.61. The van der Waals surface area contributed by atoms with Crippen molar-refractivity contribution in [2.75, 3.05) is 12.1 Å². The molecule has 0 spiro atoms. The first kappa shape index (κ1) is 21.4. The highest BCUT2D eigenvalue weighted by Gasteiger charge is 2.38. The van der Waals surface area contributed by atoms with E-state index in [0.717, 1.165) is 11.1 Å². The lowest BCUT2D eigenvalue weighted by Crippen LogP contribution is -2.55. The number of carbonyl (C=O) groups excluding carboxylic acids is 2. The van der Waals surface area contributed by atoms with E-state index in [1.165, 1.54) is 0 Å². The average molecular weight is 431 g/mol. The maximum absolute atomic E-state index is 13.4. The van der Waals surface area contributed by atoms with Crippen LogP contribution in [-0.2, 0) is 22.6 Å². The van der Waals surface area contributed by atoms with Gasteiger partial charge in [-0.15, -0.1) is 0 Å².